The highest BCUT2D eigenvalue weighted by molar-refractivity contribution is 5.63. The van der Waals surface area contributed by atoms with E-state index in [2.05, 4.69) is 0 Å². The molecule has 0 aliphatic carbocycles. The molecule has 0 spiro atoms. The summed E-state index contributed by atoms with van der Waals surface area (Å²) in [5.74, 6) is 2.76. The molecule has 0 unspecified atom stereocenters. The van der Waals surface area contributed by atoms with Gasteiger partial charge in [0, 0.05) is 17.5 Å². The lowest BCUT2D eigenvalue weighted by Gasteiger charge is -2.17. The molecule has 29 heavy (non-hydrogen) atoms. The van der Waals surface area contributed by atoms with Crippen LogP contribution in [-0.4, -0.2) is 0 Å². The zero-order valence-corrected chi connectivity index (χ0v) is 15.9. The maximum Gasteiger partial charge on any atom is 0.153 e. The van der Waals surface area contributed by atoms with Crippen LogP contribution in [0.25, 0.3) is 0 Å². The molecule has 4 rings (SSSR count). The molecule has 0 aliphatic heterocycles. The van der Waals surface area contributed by atoms with Gasteiger partial charge in [-0.05, 0) is 36.4 Å². The number of nitrogens with two attached hydrogens (primary N) is 2. The SMILES string of the molecule is Nc1cccc(Cc2cccc(N)c2Oc2ccccc2)c1Oc1ccccc1. The lowest BCUT2D eigenvalue weighted by atomic mass is 10.0. The minimum Gasteiger partial charge on any atom is -0.455 e. The molecule has 0 bridgehead atoms. The number of hydrogen-bond donors (Lipinski definition) is 2. The molecule has 0 saturated carbocycles. The predicted octanol–water partition coefficient (Wildman–Crippen LogP) is 6.03. The normalized spacial score (nSPS) is 10.5. The lowest BCUT2D eigenvalue weighted by molar-refractivity contribution is 0.474. The highest BCUT2D eigenvalue weighted by Crippen LogP contribution is 2.37. The molecule has 4 N–H and O–H groups in total. The monoisotopic (exact) mass is 382 g/mol. The maximum absolute atomic E-state index is 6.23. The van der Waals surface area contributed by atoms with Crippen molar-refractivity contribution in [3.63, 3.8) is 0 Å². The fourth-order valence-electron chi connectivity index (χ4n) is 3.15. The molecule has 0 fully saturated rings. The number of para-hydroxylation sites is 4. The van der Waals surface area contributed by atoms with Crippen LogP contribution in [-0.2, 0) is 6.42 Å². The van der Waals surface area contributed by atoms with E-state index in [0.29, 0.717) is 29.3 Å². The molecular formula is C25H22N2O2. The molecular weight excluding hydrogens is 360 g/mol. The molecule has 0 radical (unpaired) electrons. The third-order valence-corrected chi connectivity index (χ3v) is 4.56. The van der Waals surface area contributed by atoms with Crippen molar-refractivity contribution in [2.75, 3.05) is 11.5 Å². The first-order valence-corrected chi connectivity index (χ1v) is 9.41. The Morgan fingerprint density at radius 1 is 0.483 bits per heavy atom. The van der Waals surface area contributed by atoms with Gasteiger partial charge in [-0.15, -0.1) is 0 Å². The Bertz CT molecular complexity index is 1010. The number of ether oxygens (including phenoxy) is 2. The minimum absolute atomic E-state index is 0.570. The summed E-state index contributed by atoms with van der Waals surface area (Å²) in [5.41, 5.74) is 15.5. The van der Waals surface area contributed by atoms with E-state index in [1.54, 1.807) is 0 Å². The standard InChI is InChI=1S/C25H22N2O2/c26-22-15-7-9-18(24(22)28-20-11-3-1-4-12-20)17-19-10-8-16-23(27)25(19)29-21-13-5-2-6-14-21/h1-16H,17,26-27H2. The van der Waals surface area contributed by atoms with Gasteiger partial charge in [0.2, 0.25) is 0 Å². The van der Waals surface area contributed by atoms with Crippen LogP contribution in [0.4, 0.5) is 11.4 Å². The Morgan fingerprint density at radius 2 is 0.897 bits per heavy atom. The third-order valence-electron chi connectivity index (χ3n) is 4.56. The molecule has 0 saturated heterocycles. The van der Waals surface area contributed by atoms with E-state index in [9.17, 15) is 0 Å². The fourth-order valence-corrected chi connectivity index (χ4v) is 3.15. The van der Waals surface area contributed by atoms with Gasteiger partial charge in [0.05, 0.1) is 11.4 Å². The summed E-state index contributed by atoms with van der Waals surface area (Å²) in [4.78, 5) is 0. The van der Waals surface area contributed by atoms with Crippen molar-refractivity contribution in [3.05, 3.63) is 108 Å². The van der Waals surface area contributed by atoms with Crippen molar-refractivity contribution in [2.45, 2.75) is 6.42 Å². The Balaban J connectivity index is 1.68. The molecule has 144 valence electrons. The summed E-state index contributed by atoms with van der Waals surface area (Å²) in [6.45, 7) is 0. The number of benzene rings is 4. The van der Waals surface area contributed by atoms with Crippen LogP contribution in [0.2, 0.25) is 0 Å². The van der Waals surface area contributed by atoms with Gasteiger partial charge >= 0.3 is 0 Å². The molecule has 4 nitrogen and oxygen atoms in total. The molecule has 0 aliphatic rings. The Labute approximate surface area is 170 Å². The van der Waals surface area contributed by atoms with Crippen LogP contribution in [0.15, 0.2) is 97.1 Å². The fraction of sp³-hybridized carbons (Fsp3) is 0.0400. The van der Waals surface area contributed by atoms with Crippen LogP contribution in [0, 0.1) is 0 Å². The van der Waals surface area contributed by atoms with Crippen LogP contribution < -0.4 is 20.9 Å². The van der Waals surface area contributed by atoms with Crippen LogP contribution in [0.1, 0.15) is 11.1 Å². The summed E-state index contributed by atoms with van der Waals surface area (Å²) < 4.78 is 12.2. The molecule has 4 aromatic rings. The second-order valence-corrected chi connectivity index (χ2v) is 6.68. The Morgan fingerprint density at radius 3 is 1.31 bits per heavy atom. The first-order valence-electron chi connectivity index (χ1n) is 9.41. The summed E-state index contributed by atoms with van der Waals surface area (Å²) in [6, 6.07) is 30.7. The van der Waals surface area contributed by atoms with Crippen molar-refractivity contribution in [3.8, 4) is 23.0 Å². The van der Waals surface area contributed by atoms with Gasteiger partial charge < -0.3 is 20.9 Å². The topological polar surface area (TPSA) is 70.5 Å². The van der Waals surface area contributed by atoms with Gasteiger partial charge in [0.25, 0.3) is 0 Å². The highest BCUT2D eigenvalue weighted by atomic mass is 16.5. The zero-order valence-electron chi connectivity index (χ0n) is 15.9. The van der Waals surface area contributed by atoms with E-state index in [0.717, 1.165) is 22.6 Å². The van der Waals surface area contributed by atoms with Crippen molar-refractivity contribution in [1.82, 2.24) is 0 Å². The number of anilines is 2. The average Bonchev–Trinajstić information content (AvgIpc) is 2.74. The first kappa shape index (κ1) is 18.4. The van der Waals surface area contributed by atoms with E-state index in [4.69, 9.17) is 20.9 Å². The quantitative estimate of drug-likeness (QED) is 0.400. The van der Waals surface area contributed by atoms with E-state index in [-0.39, 0.29) is 0 Å². The van der Waals surface area contributed by atoms with Crippen LogP contribution in [0.3, 0.4) is 0 Å². The van der Waals surface area contributed by atoms with E-state index < -0.39 is 0 Å². The highest BCUT2D eigenvalue weighted by Gasteiger charge is 2.14. The number of nitrogen functional groups attached to an aromatic ring is 2. The Hall–Kier alpha value is -3.92. The van der Waals surface area contributed by atoms with Crippen molar-refractivity contribution < 1.29 is 9.47 Å². The van der Waals surface area contributed by atoms with E-state index in [1.165, 1.54) is 0 Å². The Kier molecular flexibility index (Phi) is 5.34. The van der Waals surface area contributed by atoms with Gasteiger partial charge in [-0.2, -0.15) is 0 Å². The van der Waals surface area contributed by atoms with Gasteiger partial charge in [0.15, 0.2) is 11.5 Å². The second kappa shape index (κ2) is 8.40. The molecule has 0 amide bonds. The summed E-state index contributed by atoms with van der Waals surface area (Å²) in [7, 11) is 0. The predicted molar refractivity (Wildman–Crippen MR) is 118 cm³/mol. The largest absolute Gasteiger partial charge is 0.455 e. The number of rotatable bonds is 6. The molecule has 0 aromatic heterocycles. The maximum atomic E-state index is 6.23. The van der Waals surface area contributed by atoms with Gasteiger partial charge in [-0.1, -0.05) is 60.7 Å². The van der Waals surface area contributed by atoms with Gasteiger partial charge in [0.1, 0.15) is 11.5 Å². The van der Waals surface area contributed by atoms with Crippen molar-refractivity contribution in [1.29, 1.82) is 0 Å². The average molecular weight is 382 g/mol. The number of hydrogen-bond acceptors (Lipinski definition) is 4. The zero-order chi connectivity index (χ0) is 20.1. The van der Waals surface area contributed by atoms with E-state index >= 15 is 0 Å². The van der Waals surface area contributed by atoms with Crippen molar-refractivity contribution >= 4 is 11.4 Å². The van der Waals surface area contributed by atoms with Crippen LogP contribution >= 0.6 is 0 Å². The summed E-state index contributed by atoms with van der Waals surface area (Å²) >= 11 is 0. The third kappa shape index (κ3) is 4.33. The van der Waals surface area contributed by atoms with E-state index in [1.807, 2.05) is 97.1 Å². The van der Waals surface area contributed by atoms with Gasteiger partial charge in [-0.3, -0.25) is 0 Å². The molecule has 0 atom stereocenters. The molecule has 0 heterocycles. The summed E-state index contributed by atoms with van der Waals surface area (Å²) in [5, 5.41) is 0. The van der Waals surface area contributed by atoms with Gasteiger partial charge in [-0.25, -0.2) is 0 Å². The van der Waals surface area contributed by atoms with Crippen molar-refractivity contribution in [2.24, 2.45) is 0 Å². The minimum atomic E-state index is 0.570. The first-order chi connectivity index (χ1) is 14.2. The molecule has 4 aromatic carbocycles. The lowest BCUT2D eigenvalue weighted by Crippen LogP contribution is -2.01. The smallest absolute Gasteiger partial charge is 0.153 e. The second-order valence-electron chi connectivity index (χ2n) is 6.68. The molecule has 4 heteroatoms. The summed E-state index contributed by atoms with van der Waals surface area (Å²) in [6.07, 6.45) is 0.570. The van der Waals surface area contributed by atoms with Crippen LogP contribution in [0.5, 0.6) is 23.0 Å².